The molecule has 2 aliphatic heterocycles. The van der Waals surface area contributed by atoms with Crippen molar-refractivity contribution in [2.75, 3.05) is 45.9 Å². The topological polar surface area (TPSA) is 57.2 Å². The predicted molar refractivity (Wildman–Crippen MR) is 113 cm³/mol. The Morgan fingerprint density at radius 1 is 1.29 bits per heavy atom. The third-order valence-corrected chi connectivity index (χ3v) is 5.56. The van der Waals surface area contributed by atoms with Gasteiger partial charge in [0, 0.05) is 51.8 Å². The highest BCUT2D eigenvalue weighted by Crippen LogP contribution is 2.18. The van der Waals surface area contributed by atoms with Crippen LogP contribution in [0.3, 0.4) is 0 Å². The minimum atomic E-state index is -0.219. The lowest BCUT2D eigenvalue weighted by Crippen LogP contribution is -2.55. The first kappa shape index (κ1) is 20.6. The Bertz CT molecular complexity index is 677. The second-order valence-corrected chi connectivity index (χ2v) is 7.82. The van der Waals surface area contributed by atoms with Gasteiger partial charge in [-0.25, -0.2) is 0 Å². The number of hydrogen-bond donors (Lipinski definition) is 1. The molecule has 2 atom stereocenters. The third kappa shape index (κ3) is 5.25. The molecule has 0 spiro atoms. The summed E-state index contributed by atoms with van der Waals surface area (Å²) >= 11 is 0. The van der Waals surface area contributed by atoms with E-state index in [1.807, 2.05) is 4.90 Å². The Hall–Kier alpha value is -2.08. The van der Waals surface area contributed by atoms with E-state index >= 15 is 0 Å². The molecule has 1 amide bonds. The van der Waals surface area contributed by atoms with Crippen LogP contribution in [0.25, 0.3) is 0 Å². The standard InChI is InChI=1S/C22H34N4O2/c1-4-23-22(24-16-18(3)19-8-5-7-17(2)15-19)26-12-10-25(11-13-26)21(27)20-9-6-14-28-20/h5,7-8,15,18,20H,4,6,9-14,16H2,1-3H3,(H,23,24). The number of nitrogens with zero attached hydrogens (tertiary/aromatic N) is 3. The second kappa shape index (κ2) is 9.92. The highest BCUT2D eigenvalue weighted by Gasteiger charge is 2.30. The molecule has 0 bridgehead atoms. The zero-order chi connectivity index (χ0) is 19.9. The average molecular weight is 387 g/mol. The van der Waals surface area contributed by atoms with E-state index in [1.54, 1.807) is 0 Å². The maximum Gasteiger partial charge on any atom is 0.251 e. The number of benzene rings is 1. The van der Waals surface area contributed by atoms with Crippen molar-refractivity contribution in [3.05, 3.63) is 35.4 Å². The molecule has 1 N–H and O–H groups in total. The van der Waals surface area contributed by atoms with E-state index in [4.69, 9.17) is 9.73 Å². The van der Waals surface area contributed by atoms with Crippen molar-refractivity contribution in [1.29, 1.82) is 0 Å². The van der Waals surface area contributed by atoms with Crippen LogP contribution in [0.5, 0.6) is 0 Å². The molecule has 2 saturated heterocycles. The summed E-state index contributed by atoms with van der Waals surface area (Å²) in [5, 5.41) is 3.42. The van der Waals surface area contributed by atoms with Gasteiger partial charge in [-0.15, -0.1) is 0 Å². The number of aliphatic imine (C=N–C) groups is 1. The van der Waals surface area contributed by atoms with Gasteiger partial charge in [0.1, 0.15) is 6.10 Å². The molecule has 2 heterocycles. The van der Waals surface area contributed by atoms with Crippen molar-refractivity contribution in [3.8, 4) is 0 Å². The van der Waals surface area contributed by atoms with Gasteiger partial charge in [-0.1, -0.05) is 36.8 Å². The van der Waals surface area contributed by atoms with Gasteiger partial charge in [-0.05, 0) is 32.3 Å². The lowest BCUT2D eigenvalue weighted by Gasteiger charge is -2.37. The van der Waals surface area contributed by atoms with Gasteiger partial charge in [0.25, 0.3) is 5.91 Å². The monoisotopic (exact) mass is 386 g/mol. The SMILES string of the molecule is CCNC(=NCC(C)c1cccc(C)c1)N1CCN(C(=O)C2CCCO2)CC1. The number of rotatable bonds is 5. The Morgan fingerprint density at radius 2 is 2.04 bits per heavy atom. The Morgan fingerprint density at radius 3 is 2.68 bits per heavy atom. The summed E-state index contributed by atoms with van der Waals surface area (Å²) in [4.78, 5) is 21.7. The number of carbonyl (C=O) groups is 1. The van der Waals surface area contributed by atoms with Crippen LogP contribution in [-0.2, 0) is 9.53 Å². The summed E-state index contributed by atoms with van der Waals surface area (Å²) < 4.78 is 5.56. The van der Waals surface area contributed by atoms with Crippen molar-refractivity contribution in [1.82, 2.24) is 15.1 Å². The zero-order valence-corrected chi connectivity index (χ0v) is 17.5. The fourth-order valence-electron chi connectivity index (χ4n) is 3.85. The van der Waals surface area contributed by atoms with Gasteiger partial charge < -0.3 is 19.9 Å². The second-order valence-electron chi connectivity index (χ2n) is 7.82. The third-order valence-electron chi connectivity index (χ3n) is 5.56. The highest BCUT2D eigenvalue weighted by atomic mass is 16.5. The minimum absolute atomic E-state index is 0.159. The average Bonchev–Trinajstić information content (AvgIpc) is 3.25. The summed E-state index contributed by atoms with van der Waals surface area (Å²) in [7, 11) is 0. The molecule has 6 nitrogen and oxygen atoms in total. The minimum Gasteiger partial charge on any atom is -0.368 e. The van der Waals surface area contributed by atoms with E-state index in [1.165, 1.54) is 11.1 Å². The van der Waals surface area contributed by atoms with Gasteiger partial charge in [-0.3, -0.25) is 9.79 Å². The summed E-state index contributed by atoms with van der Waals surface area (Å²) in [6, 6.07) is 8.65. The number of nitrogens with one attached hydrogen (secondary N) is 1. The molecule has 28 heavy (non-hydrogen) atoms. The van der Waals surface area contributed by atoms with Crippen molar-refractivity contribution >= 4 is 11.9 Å². The number of hydrogen-bond acceptors (Lipinski definition) is 3. The van der Waals surface area contributed by atoms with Crippen LogP contribution >= 0.6 is 0 Å². The molecule has 6 heteroatoms. The van der Waals surface area contributed by atoms with Gasteiger partial charge in [0.2, 0.25) is 0 Å². The van der Waals surface area contributed by atoms with Crippen molar-refractivity contribution in [2.45, 2.75) is 45.6 Å². The number of aryl methyl sites for hydroxylation is 1. The van der Waals surface area contributed by atoms with Crippen LogP contribution in [0.4, 0.5) is 0 Å². The molecule has 2 fully saturated rings. The van der Waals surface area contributed by atoms with E-state index in [9.17, 15) is 4.79 Å². The predicted octanol–water partition coefficient (Wildman–Crippen LogP) is 2.39. The fraction of sp³-hybridized carbons (Fsp3) is 0.636. The Kier molecular flexibility index (Phi) is 7.31. The zero-order valence-electron chi connectivity index (χ0n) is 17.5. The molecule has 2 aliphatic rings. The molecule has 0 aliphatic carbocycles. The van der Waals surface area contributed by atoms with E-state index in [-0.39, 0.29) is 12.0 Å². The number of carbonyl (C=O) groups excluding carboxylic acids is 1. The van der Waals surface area contributed by atoms with E-state index in [2.05, 4.69) is 55.3 Å². The highest BCUT2D eigenvalue weighted by molar-refractivity contribution is 5.82. The van der Waals surface area contributed by atoms with Gasteiger partial charge in [0.15, 0.2) is 5.96 Å². The van der Waals surface area contributed by atoms with Crippen LogP contribution in [0.15, 0.2) is 29.3 Å². The van der Waals surface area contributed by atoms with Crippen LogP contribution in [0.1, 0.15) is 43.7 Å². The molecule has 1 aromatic carbocycles. The molecular formula is C22H34N4O2. The van der Waals surface area contributed by atoms with E-state index < -0.39 is 0 Å². The lowest BCUT2D eigenvalue weighted by molar-refractivity contribution is -0.142. The quantitative estimate of drug-likeness (QED) is 0.624. The van der Waals surface area contributed by atoms with Gasteiger partial charge in [-0.2, -0.15) is 0 Å². The number of guanidine groups is 1. The van der Waals surface area contributed by atoms with Crippen LogP contribution in [-0.4, -0.2) is 73.6 Å². The number of ether oxygens (including phenoxy) is 1. The maximum absolute atomic E-state index is 12.5. The van der Waals surface area contributed by atoms with Crippen molar-refractivity contribution in [3.63, 3.8) is 0 Å². The van der Waals surface area contributed by atoms with Gasteiger partial charge in [0.05, 0.1) is 0 Å². The molecular weight excluding hydrogens is 352 g/mol. The lowest BCUT2D eigenvalue weighted by atomic mass is 10.00. The Labute approximate surface area is 168 Å². The maximum atomic E-state index is 12.5. The normalized spacial score (nSPS) is 21.7. The number of piperazine rings is 1. The molecule has 1 aromatic rings. The fourth-order valence-corrected chi connectivity index (χ4v) is 3.85. The van der Waals surface area contributed by atoms with Crippen LogP contribution in [0, 0.1) is 6.92 Å². The summed E-state index contributed by atoms with van der Waals surface area (Å²) in [5.74, 6) is 1.48. The largest absolute Gasteiger partial charge is 0.368 e. The molecule has 2 unspecified atom stereocenters. The summed E-state index contributed by atoms with van der Waals surface area (Å²) in [6.07, 6.45) is 1.64. The first-order valence-electron chi connectivity index (χ1n) is 10.6. The first-order chi connectivity index (χ1) is 13.6. The van der Waals surface area contributed by atoms with Crippen LogP contribution in [0.2, 0.25) is 0 Å². The van der Waals surface area contributed by atoms with E-state index in [0.29, 0.717) is 12.5 Å². The smallest absolute Gasteiger partial charge is 0.251 e. The molecule has 0 saturated carbocycles. The van der Waals surface area contributed by atoms with Crippen molar-refractivity contribution < 1.29 is 9.53 Å². The molecule has 3 rings (SSSR count). The first-order valence-corrected chi connectivity index (χ1v) is 10.6. The summed E-state index contributed by atoms with van der Waals surface area (Å²) in [5.41, 5.74) is 2.61. The molecule has 0 aromatic heterocycles. The molecule has 154 valence electrons. The Balaban J connectivity index is 1.56. The molecule has 0 radical (unpaired) electrons. The van der Waals surface area contributed by atoms with Gasteiger partial charge >= 0.3 is 0 Å². The van der Waals surface area contributed by atoms with Crippen molar-refractivity contribution in [2.24, 2.45) is 4.99 Å². The van der Waals surface area contributed by atoms with Crippen LogP contribution < -0.4 is 5.32 Å². The van der Waals surface area contributed by atoms with E-state index in [0.717, 1.165) is 58.1 Å². The summed E-state index contributed by atoms with van der Waals surface area (Å²) in [6.45, 7) is 11.8. The number of amides is 1.